The van der Waals surface area contributed by atoms with Crippen molar-refractivity contribution >= 4 is 65.0 Å². The summed E-state index contributed by atoms with van der Waals surface area (Å²) < 4.78 is 7.41. The van der Waals surface area contributed by atoms with Crippen LogP contribution in [-0.2, 0) is 19.4 Å². The van der Waals surface area contributed by atoms with Gasteiger partial charge in [0.05, 0.1) is 7.11 Å². The van der Waals surface area contributed by atoms with Gasteiger partial charge in [-0.3, -0.25) is 0 Å². The number of rotatable bonds is 6. The molecule has 6 aromatic rings. The molecule has 4 heterocycles. The van der Waals surface area contributed by atoms with E-state index in [-0.39, 0.29) is 6.04 Å². The summed E-state index contributed by atoms with van der Waals surface area (Å²) in [5.41, 5.74) is 18.2. The molecular formula is C46H54Br2N6O. The molecule has 2 fully saturated rings. The molecule has 288 valence electrons. The van der Waals surface area contributed by atoms with Gasteiger partial charge in [-0.25, -0.2) is 0 Å². The van der Waals surface area contributed by atoms with E-state index in [0.717, 1.165) is 34.1 Å². The zero-order valence-corrected chi connectivity index (χ0v) is 35.2. The molecule has 0 unspecified atom stereocenters. The molecule has 2 atom stereocenters. The van der Waals surface area contributed by atoms with Crippen molar-refractivity contribution in [2.45, 2.75) is 82.8 Å². The number of nitrogens with one attached hydrogen (secondary N) is 3. The lowest BCUT2D eigenvalue weighted by molar-refractivity contribution is 0.415. The van der Waals surface area contributed by atoms with Crippen LogP contribution in [-0.4, -0.2) is 43.3 Å². The fraction of sp³-hybridized carbons (Fsp3) is 0.391. The summed E-state index contributed by atoms with van der Waals surface area (Å²) in [6.45, 7) is 5.74. The minimum absolute atomic E-state index is 0.194. The average molecular weight is 867 g/mol. The Labute approximate surface area is 342 Å². The van der Waals surface area contributed by atoms with E-state index in [2.05, 4.69) is 130 Å². The van der Waals surface area contributed by atoms with E-state index in [9.17, 15) is 0 Å². The van der Waals surface area contributed by atoms with Crippen LogP contribution >= 0.6 is 31.9 Å². The van der Waals surface area contributed by atoms with Gasteiger partial charge in [0.25, 0.3) is 0 Å². The van der Waals surface area contributed by atoms with Gasteiger partial charge in [-0.2, -0.15) is 0 Å². The number of aryl methyl sites for hydroxylation is 2. The first-order valence-electron chi connectivity index (χ1n) is 20.3. The Bertz CT molecular complexity index is 2180. The van der Waals surface area contributed by atoms with Crippen LogP contribution in [0.15, 0.2) is 93.9 Å². The number of hydrogen-bond acceptors (Lipinski definition) is 5. The number of aromatic amines is 2. The molecule has 0 bridgehead atoms. The standard InChI is InChI=1S/C23H26BrN3.C12H13BrN2.C11H15NO/c24-17-8-11-21-20(14-17)19-4-3-5-22(23(19)26-21)25-15-16-6-9-18(10-7-16)27-12-1-2-13-27;13-7-4-5-11-9(6-7)8-2-1-3-10(14)12(8)15-11;1-13-11-6-4-10(5-7-11)12-8-2-3-9-12/h6-11,14,22,25-26H,1-5,12-13,15H2;4-6,10,15H,1-3,14H2;4-7H,2-3,8-9H2,1H3/t22-;10-;/m11./s1. The van der Waals surface area contributed by atoms with E-state index in [1.165, 1.54) is 139 Å². The lowest BCUT2D eigenvalue weighted by Gasteiger charge is -2.24. The van der Waals surface area contributed by atoms with Crippen molar-refractivity contribution in [2.24, 2.45) is 5.73 Å². The van der Waals surface area contributed by atoms with Crippen LogP contribution < -0.4 is 25.6 Å². The molecule has 9 heteroatoms. The number of H-pyrrole nitrogens is 2. The molecule has 2 aromatic heterocycles. The molecule has 55 heavy (non-hydrogen) atoms. The number of anilines is 2. The minimum atomic E-state index is 0.194. The van der Waals surface area contributed by atoms with Crippen LogP contribution in [0.5, 0.6) is 5.75 Å². The lowest BCUT2D eigenvalue weighted by atomic mass is 9.91. The summed E-state index contributed by atoms with van der Waals surface area (Å²) >= 11 is 7.13. The lowest BCUT2D eigenvalue weighted by Crippen LogP contribution is -2.25. The molecule has 4 aliphatic rings. The molecule has 4 aromatic carbocycles. The highest BCUT2D eigenvalue weighted by molar-refractivity contribution is 9.10. The second-order valence-corrected chi connectivity index (χ2v) is 17.3. The molecule has 7 nitrogen and oxygen atoms in total. The second kappa shape index (κ2) is 17.6. The number of nitrogens with two attached hydrogens (primary N) is 1. The Morgan fingerprint density at radius 2 is 1.16 bits per heavy atom. The number of fused-ring (bicyclic) bond motifs is 6. The smallest absolute Gasteiger partial charge is 0.119 e. The Balaban J connectivity index is 0.000000129. The normalized spacial score (nSPS) is 19.1. The van der Waals surface area contributed by atoms with Gasteiger partial charge in [0.15, 0.2) is 0 Å². The highest BCUT2D eigenvalue weighted by atomic mass is 79.9. The number of aromatic nitrogens is 2. The van der Waals surface area contributed by atoms with Crippen molar-refractivity contribution in [3.05, 3.63) is 122 Å². The monoisotopic (exact) mass is 864 g/mol. The highest BCUT2D eigenvalue weighted by Crippen LogP contribution is 2.37. The summed E-state index contributed by atoms with van der Waals surface area (Å²) in [4.78, 5) is 12.0. The van der Waals surface area contributed by atoms with Crippen molar-refractivity contribution in [2.75, 3.05) is 43.1 Å². The van der Waals surface area contributed by atoms with Crippen molar-refractivity contribution in [3.8, 4) is 5.75 Å². The topological polar surface area (TPSA) is 85.3 Å². The molecule has 0 amide bonds. The second-order valence-electron chi connectivity index (χ2n) is 15.5. The first-order chi connectivity index (χ1) is 26.9. The van der Waals surface area contributed by atoms with E-state index < -0.39 is 0 Å². The average Bonchev–Trinajstić information content (AvgIpc) is 4.06. The van der Waals surface area contributed by atoms with Crippen LogP contribution in [0.4, 0.5) is 11.4 Å². The van der Waals surface area contributed by atoms with Crippen molar-refractivity contribution < 1.29 is 4.74 Å². The maximum Gasteiger partial charge on any atom is 0.119 e. The fourth-order valence-electron chi connectivity index (χ4n) is 8.92. The van der Waals surface area contributed by atoms with Gasteiger partial charge in [0.2, 0.25) is 0 Å². The van der Waals surface area contributed by atoms with Gasteiger partial charge >= 0.3 is 0 Å². The summed E-state index contributed by atoms with van der Waals surface area (Å²) in [5, 5.41) is 6.51. The van der Waals surface area contributed by atoms with Crippen LogP contribution in [0.1, 0.15) is 91.5 Å². The fourth-order valence-corrected chi connectivity index (χ4v) is 9.64. The Hall–Kier alpha value is -3.76. The molecule has 5 N–H and O–H groups in total. The predicted octanol–water partition coefficient (Wildman–Crippen LogP) is 11.3. The first kappa shape index (κ1) is 38.1. The van der Waals surface area contributed by atoms with E-state index in [1.54, 1.807) is 7.11 Å². The van der Waals surface area contributed by atoms with E-state index in [4.69, 9.17) is 10.5 Å². The SMILES string of the molecule is Brc1ccc2[nH]c3c(c2c1)CCC[C@H]3NCc1ccc(N2CCCC2)cc1.COc1ccc(N2CCCC2)cc1.N[C@@H]1CCCc2c1[nH]c1ccc(Br)cc21. The first-order valence-corrected chi connectivity index (χ1v) is 21.8. The Kier molecular flexibility index (Phi) is 12.2. The molecule has 2 saturated heterocycles. The molecule has 2 aliphatic carbocycles. The Morgan fingerprint density at radius 1 is 0.655 bits per heavy atom. The van der Waals surface area contributed by atoms with Crippen LogP contribution in [0.25, 0.3) is 21.8 Å². The van der Waals surface area contributed by atoms with Gasteiger partial charge in [0.1, 0.15) is 5.75 Å². The summed E-state index contributed by atoms with van der Waals surface area (Å²) in [5.74, 6) is 0.933. The largest absolute Gasteiger partial charge is 0.497 e. The number of ether oxygens (including phenoxy) is 1. The van der Waals surface area contributed by atoms with E-state index in [1.807, 2.05) is 12.1 Å². The number of hydrogen-bond donors (Lipinski definition) is 4. The Morgan fingerprint density at radius 3 is 1.73 bits per heavy atom. The third kappa shape index (κ3) is 8.80. The predicted molar refractivity (Wildman–Crippen MR) is 237 cm³/mol. The quantitative estimate of drug-likeness (QED) is 0.134. The van der Waals surface area contributed by atoms with Crippen molar-refractivity contribution in [3.63, 3.8) is 0 Å². The van der Waals surface area contributed by atoms with Crippen LogP contribution in [0.2, 0.25) is 0 Å². The zero-order valence-electron chi connectivity index (χ0n) is 32.0. The summed E-state index contributed by atoms with van der Waals surface area (Å²) in [6, 6.07) is 31.0. The third-order valence-corrected chi connectivity index (χ3v) is 12.9. The number of benzene rings is 4. The van der Waals surface area contributed by atoms with Crippen LogP contribution in [0.3, 0.4) is 0 Å². The molecule has 2 aliphatic heterocycles. The molecule has 10 rings (SSSR count). The van der Waals surface area contributed by atoms with Crippen molar-refractivity contribution in [1.82, 2.24) is 15.3 Å². The maximum atomic E-state index is 6.11. The van der Waals surface area contributed by atoms with Crippen LogP contribution in [0, 0.1) is 0 Å². The molecule has 0 saturated carbocycles. The maximum absolute atomic E-state index is 6.11. The third-order valence-electron chi connectivity index (χ3n) is 11.9. The molecule has 0 spiro atoms. The highest BCUT2D eigenvalue weighted by Gasteiger charge is 2.24. The van der Waals surface area contributed by atoms with Gasteiger partial charge in [-0.15, -0.1) is 0 Å². The molecule has 0 radical (unpaired) electrons. The van der Waals surface area contributed by atoms with Gasteiger partial charge in [-0.05, 0) is 154 Å². The van der Waals surface area contributed by atoms with E-state index in [0.29, 0.717) is 6.04 Å². The minimum Gasteiger partial charge on any atom is -0.497 e. The van der Waals surface area contributed by atoms with Gasteiger partial charge in [0, 0.05) is 98.3 Å². The number of methoxy groups -OCH3 is 1. The number of nitrogens with zero attached hydrogens (tertiary/aromatic N) is 2. The summed E-state index contributed by atoms with van der Waals surface area (Å²) in [6.07, 6.45) is 12.4. The molecular weight excluding hydrogens is 812 g/mol. The van der Waals surface area contributed by atoms with E-state index >= 15 is 0 Å². The summed E-state index contributed by atoms with van der Waals surface area (Å²) in [7, 11) is 1.70. The van der Waals surface area contributed by atoms with Gasteiger partial charge < -0.3 is 35.6 Å². The zero-order chi connectivity index (χ0) is 37.7. The number of halogens is 2. The van der Waals surface area contributed by atoms with Crippen molar-refractivity contribution in [1.29, 1.82) is 0 Å². The van der Waals surface area contributed by atoms with Gasteiger partial charge in [-0.1, -0.05) is 44.0 Å².